The molecule has 1 aromatic heterocycles. The second-order valence-electron chi connectivity index (χ2n) is 9.27. The van der Waals surface area contributed by atoms with Gasteiger partial charge in [-0.25, -0.2) is 8.42 Å². The van der Waals surface area contributed by atoms with E-state index in [0.29, 0.717) is 10.6 Å². The topological polar surface area (TPSA) is 84.6 Å². The van der Waals surface area contributed by atoms with E-state index in [1.165, 1.54) is 16.7 Å². The Hall–Kier alpha value is -3.46. The number of halogens is 1. The molecule has 0 radical (unpaired) electrons. The van der Waals surface area contributed by atoms with Crippen molar-refractivity contribution in [2.45, 2.75) is 30.8 Å². The van der Waals surface area contributed by atoms with Crippen LogP contribution in [0.4, 0.5) is 0 Å². The zero-order chi connectivity index (χ0) is 26.3. The number of piperazine rings is 1. The van der Waals surface area contributed by atoms with Crippen LogP contribution in [-0.4, -0.2) is 48.7 Å². The van der Waals surface area contributed by atoms with Crippen molar-refractivity contribution >= 4 is 38.3 Å². The second kappa shape index (κ2) is 9.78. The van der Waals surface area contributed by atoms with Gasteiger partial charge in [0.15, 0.2) is 12.4 Å². The summed E-state index contributed by atoms with van der Waals surface area (Å²) >= 11 is 6.06. The Morgan fingerprint density at radius 2 is 1.49 bits per heavy atom. The summed E-state index contributed by atoms with van der Waals surface area (Å²) in [5, 5.41) is 13.5. The molecule has 9 heteroatoms. The van der Waals surface area contributed by atoms with Crippen molar-refractivity contribution in [2.24, 2.45) is 0 Å². The Labute approximate surface area is 221 Å². The fourth-order valence-corrected chi connectivity index (χ4v) is 6.71. The number of rotatable bonds is 4. The van der Waals surface area contributed by atoms with Gasteiger partial charge in [0.05, 0.1) is 4.90 Å². The smallest absolute Gasteiger partial charge is 0.254 e. The third-order valence-corrected chi connectivity index (χ3v) is 9.33. The summed E-state index contributed by atoms with van der Waals surface area (Å²) < 4.78 is 29.3. The van der Waals surface area contributed by atoms with Gasteiger partial charge < -0.3 is 10.1 Å². The van der Waals surface area contributed by atoms with E-state index in [0.717, 1.165) is 26.6 Å². The van der Waals surface area contributed by atoms with E-state index in [-0.39, 0.29) is 29.9 Å². The predicted octanol–water partition coefficient (Wildman–Crippen LogP) is 4.72. The number of carbonyl (C=O) groups is 1. The van der Waals surface area contributed by atoms with E-state index < -0.39 is 16.1 Å². The molecule has 2 heterocycles. The van der Waals surface area contributed by atoms with Crippen LogP contribution in [0, 0.1) is 5.21 Å². The fraction of sp³-hybridized carbons (Fsp3) is 0.214. The first kappa shape index (κ1) is 25.2. The van der Waals surface area contributed by atoms with E-state index in [9.17, 15) is 18.4 Å². The molecule has 1 aliphatic rings. The van der Waals surface area contributed by atoms with Crippen molar-refractivity contribution in [1.82, 2.24) is 9.21 Å². The maximum Gasteiger partial charge on any atom is 0.254 e. The average molecular weight is 536 g/mol. The summed E-state index contributed by atoms with van der Waals surface area (Å²) in [7, 11) is -3.76. The number of benzene rings is 3. The zero-order valence-electron chi connectivity index (χ0n) is 20.4. The molecule has 7 nitrogen and oxygen atoms in total. The second-order valence-corrected chi connectivity index (χ2v) is 11.6. The number of hydrogen-bond donors (Lipinski definition) is 0. The highest BCUT2D eigenvalue weighted by molar-refractivity contribution is 7.89. The Balaban J connectivity index is 1.33. The Bertz CT molecular complexity index is 1570. The number of nitrogens with zero attached hydrogens (tertiary/aromatic N) is 3. The lowest BCUT2D eigenvalue weighted by atomic mass is 10.0. The number of sulfonamides is 1. The molecule has 190 valence electrons. The molecule has 0 saturated carbocycles. The highest BCUT2D eigenvalue weighted by atomic mass is 35.5. The van der Waals surface area contributed by atoms with E-state index in [1.807, 2.05) is 32.0 Å². The van der Waals surface area contributed by atoms with Crippen molar-refractivity contribution in [2.75, 3.05) is 13.1 Å². The first-order valence-electron chi connectivity index (χ1n) is 12.0. The van der Waals surface area contributed by atoms with Crippen LogP contribution >= 0.6 is 11.6 Å². The number of amides is 1. The quantitative estimate of drug-likeness (QED) is 0.280. The Kier molecular flexibility index (Phi) is 6.66. The van der Waals surface area contributed by atoms with E-state index in [4.69, 9.17) is 11.6 Å². The minimum atomic E-state index is -3.76. The van der Waals surface area contributed by atoms with Gasteiger partial charge >= 0.3 is 0 Å². The lowest BCUT2D eigenvalue weighted by Crippen LogP contribution is -2.60. The van der Waals surface area contributed by atoms with Crippen LogP contribution in [0.15, 0.2) is 90.1 Å². The molecule has 1 amide bonds. The summed E-state index contributed by atoms with van der Waals surface area (Å²) in [4.78, 5) is 15.3. The van der Waals surface area contributed by atoms with Crippen LogP contribution in [0.25, 0.3) is 21.9 Å². The number of carbonyl (C=O) groups excluding carboxylic acids is 1. The summed E-state index contributed by atoms with van der Waals surface area (Å²) in [6.07, 6.45) is 2.86. The Morgan fingerprint density at radius 3 is 2.19 bits per heavy atom. The maximum atomic E-state index is 13.6. The number of aromatic nitrogens is 1. The monoisotopic (exact) mass is 535 g/mol. The fourth-order valence-electron chi connectivity index (χ4n) is 4.81. The summed E-state index contributed by atoms with van der Waals surface area (Å²) in [5.74, 6) is -0.143. The van der Waals surface area contributed by atoms with Gasteiger partial charge in [-0.1, -0.05) is 35.9 Å². The van der Waals surface area contributed by atoms with Crippen LogP contribution in [0.3, 0.4) is 0 Å². The first-order chi connectivity index (χ1) is 17.6. The third kappa shape index (κ3) is 4.80. The lowest BCUT2D eigenvalue weighted by molar-refractivity contribution is -0.605. The largest absolute Gasteiger partial charge is 0.619 e. The summed E-state index contributed by atoms with van der Waals surface area (Å²) in [6, 6.07) is 20.3. The minimum Gasteiger partial charge on any atom is -0.619 e. The van der Waals surface area contributed by atoms with Crippen molar-refractivity contribution in [3.63, 3.8) is 0 Å². The zero-order valence-corrected chi connectivity index (χ0v) is 22.0. The van der Waals surface area contributed by atoms with E-state index in [1.54, 1.807) is 59.5 Å². The molecule has 0 spiro atoms. The molecule has 0 N–H and O–H groups in total. The molecule has 2 unspecified atom stereocenters. The van der Waals surface area contributed by atoms with E-state index >= 15 is 0 Å². The standard InChI is InChI=1S/C28H26ClN3O4S/c1-19-20(2)32(37(35,36)27-10-8-24-17-26(29)9-7-25(24)18-27)16-15-31(19)28(33)23-5-3-21(4-6-23)22-11-13-30(34)14-12-22/h3-14,17-20H,15-16H2,1-2H3. The molecule has 37 heavy (non-hydrogen) atoms. The van der Waals surface area contributed by atoms with Crippen LogP contribution in [0.1, 0.15) is 24.2 Å². The van der Waals surface area contributed by atoms with Gasteiger partial charge in [0.2, 0.25) is 10.0 Å². The van der Waals surface area contributed by atoms with Crippen LogP contribution < -0.4 is 4.73 Å². The van der Waals surface area contributed by atoms with Gasteiger partial charge in [-0.2, -0.15) is 9.04 Å². The number of hydrogen-bond acceptors (Lipinski definition) is 4. The lowest BCUT2D eigenvalue weighted by Gasteiger charge is -2.44. The van der Waals surface area contributed by atoms with E-state index in [2.05, 4.69) is 0 Å². The maximum absolute atomic E-state index is 13.6. The van der Waals surface area contributed by atoms with Gasteiger partial charge in [0.25, 0.3) is 5.91 Å². The minimum absolute atomic E-state index is 0.143. The van der Waals surface area contributed by atoms with Crippen molar-refractivity contribution < 1.29 is 17.9 Å². The van der Waals surface area contributed by atoms with Gasteiger partial charge in [0, 0.05) is 47.9 Å². The Morgan fingerprint density at radius 1 is 0.865 bits per heavy atom. The molecule has 0 bridgehead atoms. The highest BCUT2D eigenvalue weighted by Crippen LogP contribution is 2.29. The molecule has 2 atom stereocenters. The van der Waals surface area contributed by atoms with Crippen molar-refractivity contribution in [3.05, 3.63) is 101 Å². The normalized spacial score (nSPS) is 18.7. The molecule has 4 aromatic rings. The predicted molar refractivity (Wildman–Crippen MR) is 144 cm³/mol. The van der Waals surface area contributed by atoms with Gasteiger partial charge in [-0.15, -0.1) is 0 Å². The SMILES string of the molecule is CC1C(C)N(S(=O)(=O)c2ccc3cc(Cl)ccc3c2)CCN1C(=O)c1ccc(-c2cc[n+]([O-])cc2)cc1. The van der Waals surface area contributed by atoms with Crippen LogP contribution in [0.5, 0.6) is 0 Å². The van der Waals surface area contributed by atoms with Crippen LogP contribution in [0.2, 0.25) is 5.02 Å². The number of fused-ring (bicyclic) bond motifs is 1. The van der Waals surface area contributed by atoms with Gasteiger partial charge in [-0.05, 0) is 72.1 Å². The summed E-state index contributed by atoms with van der Waals surface area (Å²) in [6.45, 7) is 4.21. The molecule has 1 fully saturated rings. The first-order valence-corrected chi connectivity index (χ1v) is 13.8. The van der Waals surface area contributed by atoms with Gasteiger partial charge in [0.1, 0.15) is 0 Å². The third-order valence-electron chi connectivity index (χ3n) is 7.11. The molecule has 1 aliphatic heterocycles. The van der Waals surface area contributed by atoms with Crippen molar-refractivity contribution in [3.8, 4) is 11.1 Å². The molecule has 0 aliphatic carbocycles. The molecular formula is C28H26ClN3O4S. The highest BCUT2D eigenvalue weighted by Gasteiger charge is 2.40. The number of pyridine rings is 1. The summed E-state index contributed by atoms with van der Waals surface area (Å²) in [5.41, 5.74) is 2.30. The molecule has 3 aromatic carbocycles. The van der Waals surface area contributed by atoms with Crippen LogP contribution in [-0.2, 0) is 10.0 Å². The molecular weight excluding hydrogens is 510 g/mol. The van der Waals surface area contributed by atoms with Crippen molar-refractivity contribution in [1.29, 1.82) is 0 Å². The average Bonchev–Trinajstić information content (AvgIpc) is 2.90. The molecule has 5 rings (SSSR count). The van der Waals surface area contributed by atoms with Gasteiger partial charge in [-0.3, -0.25) is 4.79 Å². The molecule has 1 saturated heterocycles.